The Morgan fingerprint density at radius 3 is 2.44 bits per heavy atom. The molecule has 1 unspecified atom stereocenters. The summed E-state index contributed by atoms with van der Waals surface area (Å²) in [5.74, 6) is 0.637. The van der Waals surface area contributed by atoms with Gasteiger partial charge in [-0.25, -0.2) is 0 Å². The molecule has 0 aliphatic heterocycles. The molecule has 2 heteroatoms. The molecular weight excluding hydrogens is 198 g/mol. The first-order valence-corrected chi connectivity index (χ1v) is 5.87. The number of carbonyl (C=O) groups is 1. The maximum absolute atomic E-state index is 11.9. The van der Waals surface area contributed by atoms with E-state index < -0.39 is 0 Å². The summed E-state index contributed by atoms with van der Waals surface area (Å²) >= 11 is 0. The van der Waals surface area contributed by atoms with Gasteiger partial charge in [0.25, 0.3) is 5.91 Å². The van der Waals surface area contributed by atoms with Gasteiger partial charge >= 0.3 is 0 Å². The van der Waals surface area contributed by atoms with Crippen LogP contribution in [0.5, 0.6) is 0 Å². The first-order chi connectivity index (χ1) is 7.50. The van der Waals surface area contributed by atoms with Crippen LogP contribution in [0.4, 0.5) is 0 Å². The highest BCUT2D eigenvalue weighted by molar-refractivity contribution is 5.95. The van der Waals surface area contributed by atoms with Crippen LogP contribution in [0, 0.1) is 12.8 Å². The predicted octanol–water partition coefficient (Wildman–Crippen LogP) is 3.16. The van der Waals surface area contributed by atoms with E-state index in [4.69, 9.17) is 0 Å². The third-order valence-corrected chi connectivity index (χ3v) is 2.59. The van der Waals surface area contributed by atoms with Crippen LogP contribution < -0.4 is 5.32 Å². The molecule has 0 saturated heterocycles. The summed E-state index contributed by atoms with van der Waals surface area (Å²) in [4.78, 5) is 11.9. The summed E-state index contributed by atoms with van der Waals surface area (Å²) in [5, 5.41) is 3.03. The molecule has 0 bridgehead atoms. The van der Waals surface area contributed by atoms with Crippen LogP contribution in [0.2, 0.25) is 0 Å². The van der Waals surface area contributed by atoms with Gasteiger partial charge < -0.3 is 5.32 Å². The smallest absolute Gasteiger partial charge is 0.251 e. The molecule has 16 heavy (non-hydrogen) atoms. The van der Waals surface area contributed by atoms with E-state index in [1.807, 2.05) is 31.2 Å². The summed E-state index contributed by atoms with van der Waals surface area (Å²) in [5.41, 5.74) is 1.80. The monoisotopic (exact) mass is 219 g/mol. The highest BCUT2D eigenvalue weighted by Crippen LogP contribution is 2.09. The first-order valence-electron chi connectivity index (χ1n) is 5.87. The van der Waals surface area contributed by atoms with Crippen molar-refractivity contribution >= 4 is 5.91 Å². The molecule has 0 heterocycles. The predicted molar refractivity (Wildman–Crippen MR) is 67.6 cm³/mol. The van der Waals surface area contributed by atoms with Gasteiger partial charge in [-0.15, -0.1) is 0 Å². The zero-order valence-electron chi connectivity index (χ0n) is 10.6. The van der Waals surface area contributed by atoms with Crippen LogP contribution in [0.15, 0.2) is 24.3 Å². The number of aryl methyl sites for hydroxylation is 1. The van der Waals surface area contributed by atoms with Gasteiger partial charge in [-0.2, -0.15) is 0 Å². The van der Waals surface area contributed by atoms with Gasteiger partial charge in [0.2, 0.25) is 0 Å². The van der Waals surface area contributed by atoms with E-state index >= 15 is 0 Å². The number of carbonyl (C=O) groups excluding carboxylic acids is 1. The fourth-order valence-electron chi connectivity index (χ4n) is 1.90. The second-order valence-electron chi connectivity index (χ2n) is 4.82. The van der Waals surface area contributed by atoms with Gasteiger partial charge in [-0.05, 0) is 37.8 Å². The zero-order valence-corrected chi connectivity index (χ0v) is 10.6. The first kappa shape index (κ1) is 12.8. The summed E-state index contributed by atoms with van der Waals surface area (Å²) < 4.78 is 0. The van der Waals surface area contributed by atoms with Gasteiger partial charge in [-0.3, -0.25) is 4.79 Å². The lowest BCUT2D eigenvalue weighted by Crippen LogP contribution is -2.33. The third kappa shape index (κ3) is 3.69. The van der Waals surface area contributed by atoms with Crippen LogP contribution in [0.1, 0.15) is 43.1 Å². The molecule has 0 aliphatic carbocycles. The highest BCUT2D eigenvalue weighted by atomic mass is 16.1. The van der Waals surface area contributed by atoms with Crippen molar-refractivity contribution < 1.29 is 4.79 Å². The zero-order chi connectivity index (χ0) is 12.1. The Kier molecular flexibility index (Phi) is 4.53. The fourth-order valence-corrected chi connectivity index (χ4v) is 1.90. The second-order valence-corrected chi connectivity index (χ2v) is 4.82. The van der Waals surface area contributed by atoms with E-state index in [-0.39, 0.29) is 11.9 Å². The topological polar surface area (TPSA) is 29.1 Å². The quantitative estimate of drug-likeness (QED) is 0.828. The molecule has 1 rings (SSSR count). The van der Waals surface area contributed by atoms with Crippen molar-refractivity contribution in [1.82, 2.24) is 5.32 Å². The van der Waals surface area contributed by atoms with Crippen molar-refractivity contribution in [3.05, 3.63) is 35.4 Å². The molecule has 0 radical (unpaired) electrons. The summed E-state index contributed by atoms with van der Waals surface area (Å²) in [6.07, 6.45) is 1.01. The van der Waals surface area contributed by atoms with Crippen molar-refractivity contribution in [3.63, 3.8) is 0 Å². The Morgan fingerprint density at radius 2 is 1.88 bits per heavy atom. The number of rotatable bonds is 4. The van der Waals surface area contributed by atoms with Crippen molar-refractivity contribution in [2.45, 2.75) is 40.2 Å². The van der Waals surface area contributed by atoms with E-state index in [0.29, 0.717) is 5.92 Å². The lowest BCUT2D eigenvalue weighted by Gasteiger charge is -2.16. The molecule has 0 spiro atoms. The molecule has 0 fully saturated rings. The lowest BCUT2D eigenvalue weighted by molar-refractivity contribution is 0.0935. The van der Waals surface area contributed by atoms with Crippen molar-refractivity contribution in [1.29, 1.82) is 0 Å². The van der Waals surface area contributed by atoms with Gasteiger partial charge in [-0.1, -0.05) is 32.0 Å². The standard InChI is InChI=1S/C14H21NO/c1-10(2)9-12(4)15-14(16)13-8-6-5-7-11(13)3/h5-8,10,12H,9H2,1-4H3,(H,15,16). The second kappa shape index (κ2) is 5.69. The Hall–Kier alpha value is -1.31. The molecule has 0 saturated carbocycles. The van der Waals surface area contributed by atoms with Crippen molar-refractivity contribution in [2.75, 3.05) is 0 Å². The van der Waals surface area contributed by atoms with Crippen molar-refractivity contribution in [3.8, 4) is 0 Å². The average Bonchev–Trinajstić information content (AvgIpc) is 2.16. The van der Waals surface area contributed by atoms with E-state index in [1.165, 1.54) is 0 Å². The van der Waals surface area contributed by atoms with Gasteiger partial charge in [0.15, 0.2) is 0 Å². The van der Waals surface area contributed by atoms with Crippen LogP contribution in [-0.2, 0) is 0 Å². The average molecular weight is 219 g/mol. The minimum atomic E-state index is 0.0336. The minimum Gasteiger partial charge on any atom is -0.350 e. The number of hydrogen-bond donors (Lipinski definition) is 1. The van der Waals surface area contributed by atoms with Crippen LogP contribution in [0.25, 0.3) is 0 Å². The Bertz CT molecular complexity index is 358. The van der Waals surface area contributed by atoms with E-state index in [0.717, 1.165) is 17.5 Å². The number of amides is 1. The molecule has 0 aromatic heterocycles. The Balaban J connectivity index is 2.63. The van der Waals surface area contributed by atoms with E-state index in [9.17, 15) is 4.79 Å². The van der Waals surface area contributed by atoms with Gasteiger partial charge in [0.1, 0.15) is 0 Å². The van der Waals surface area contributed by atoms with Gasteiger partial charge in [0.05, 0.1) is 0 Å². The van der Waals surface area contributed by atoms with Gasteiger partial charge in [0, 0.05) is 11.6 Å². The maximum atomic E-state index is 11.9. The molecule has 1 amide bonds. The van der Waals surface area contributed by atoms with Crippen LogP contribution in [-0.4, -0.2) is 11.9 Å². The number of nitrogens with one attached hydrogen (secondary N) is 1. The van der Waals surface area contributed by atoms with Crippen molar-refractivity contribution in [2.24, 2.45) is 5.92 Å². The largest absolute Gasteiger partial charge is 0.350 e. The molecule has 1 atom stereocenters. The minimum absolute atomic E-state index is 0.0336. The molecule has 88 valence electrons. The van der Waals surface area contributed by atoms with Crippen LogP contribution in [0.3, 0.4) is 0 Å². The summed E-state index contributed by atoms with van der Waals surface area (Å²) in [7, 11) is 0. The maximum Gasteiger partial charge on any atom is 0.251 e. The van der Waals surface area contributed by atoms with Crippen LogP contribution >= 0.6 is 0 Å². The SMILES string of the molecule is Cc1ccccc1C(=O)NC(C)CC(C)C. The van der Waals surface area contributed by atoms with E-state index in [1.54, 1.807) is 0 Å². The third-order valence-electron chi connectivity index (χ3n) is 2.59. The number of benzene rings is 1. The molecular formula is C14H21NO. The molecule has 1 aromatic carbocycles. The molecule has 1 aromatic rings. The number of hydrogen-bond acceptors (Lipinski definition) is 1. The lowest BCUT2D eigenvalue weighted by atomic mass is 10.0. The molecule has 2 nitrogen and oxygen atoms in total. The highest BCUT2D eigenvalue weighted by Gasteiger charge is 2.12. The normalized spacial score (nSPS) is 12.6. The summed E-state index contributed by atoms with van der Waals surface area (Å²) in [6.45, 7) is 8.34. The fraction of sp³-hybridized carbons (Fsp3) is 0.500. The Labute approximate surface area is 98.1 Å². The molecule has 1 N–H and O–H groups in total. The molecule has 0 aliphatic rings. The Morgan fingerprint density at radius 1 is 1.25 bits per heavy atom. The summed E-state index contributed by atoms with van der Waals surface area (Å²) in [6, 6.07) is 7.90. The van der Waals surface area contributed by atoms with E-state index in [2.05, 4.69) is 26.1 Å².